The Balaban J connectivity index is 4.78. The topological polar surface area (TPSA) is 26.3 Å². The van der Waals surface area contributed by atoms with Crippen LogP contribution in [0.5, 0.6) is 0 Å². The first kappa shape index (κ1) is 11.5. The second-order valence-corrected chi connectivity index (χ2v) is 4.69. The van der Waals surface area contributed by atoms with Crippen LogP contribution in [0.2, 0.25) is 0 Å². The van der Waals surface area contributed by atoms with E-state index < -0.39 is 19.2 Å². The van der Waals surface area contributed by atoms with Crippen molar-refractivity contribution >= 4 is 7.37 Å². The molecule has 0 amide bonds. The fourth-order valence-electron chi connectivity index (χ4n) is 0.631. The molecule has 12 heavy (non-hydrogen) atoms. The summed E-state index contributed by atoms with van der Waals surface area (Å²) in [5, 5.41) is 0. The Kier molecular flexibility index (Phi) is 4.35. The van der Waals surface area contributed by atoms with Crippen LogP contribution < -0.4 is 0 Å². The van der Waals surface area contributed by atoms with E-state index in [4.69, 9.17) is 0 Å². The second-order valence-electron chi connectivity index (χ2n) is 2.04. The zero-order chi connectivity index (χ0) is 9.78. The van der Waals surface area contributed by atoms with Gasteiger partial charge in [0.2, 0.25) is 0 Å². The van der Waals surface area contributed by atoms with Crippen LogP contribution in [-0.2, 0) is 9.09 Å². The molecule has 0 radical (unpaired) electrons. The number of allylic oxidation sites excluding steroid dienone is 2. The fourth-order valence-corrected chi connectivity index (χ4v) is 1.89. The van der Waals surface area contributed by atoms with E-state index in [1.165, 1.54) is 0 Å². The van der Waals surface area contributed by atoms with Crippen molar-refractivity contribution in [3.05, 3.63) is 25.3 Å². The van der Waals surface area contributed by atoms with Crippen LogP contribution in [0.1, 0.15) is 0 Å². The summed E-state index contributed by atoms with van der Waals surface area (Å²) in [5.41, 5.74) is 0. The SMILES string of the molecule is C=CC(F)P(=O)(OC)C(F)C=C. The van der Waals surface area contributed by atoms with Gasteiger partial charge in [-0.3, -0.25) is 4.57 Å². The molecule has 0 spiro atoms. The van der Waals surface area contributed by atoms with Crippen molar-refractivity contribution in [2.75, 3.05) is 7.11 Å². The predicted octanol–water partition coefficient (Wildman–Crippen LogP) is 2.87. The molecular weight excluding hydrogens is 185 g/mol. The van der Waals surface area contributed by atoms with E-state index in [2.05, 4.69) is 17.7 Å². The monoisotopic (exact) mass is 196 g/mol. The lowest BCUT2D eigenvalue weighted by Crippen LogP contribution is -2.09. The summed E-state index contributed by atoms with van der Waals surface area (Å²) < 4.78 is 41.3. The highest BCUT2D eigenvalue weighted by atomic mass is 31.2. The van der Waals surface area contributed by atoms with Gasteiger partial charge in [-0.2, -0.15) is 0 Å². The molecule has 2 nitrogen and oxygen atoms in total. The molecule has 0 aliphatic rings. The van der Waals surface area contributed by atoms with Crippen LogP contribution >= 0.6 is 7.37 Å². The van der Waals surface area contributed by atoms with E-state index in [1.807, 2.05) is 0 Å². The maximum absolute atomic E-state index is 12.8. The standard InChI is InChI=1S/C7H11F2O2P/c1-4-6(8)12(10,11-3)7(9)5-2/h4-7H,1-2H2,3H3. The number of hydrogen-bond donors (Lipinski definition) is 0. The summed E-state index contributed by atoms with van der Waals surface area (Å²) in [5.74, 6) is -3.98. The summed E-state index contributed by atoms with van der Waals surface area (Å²) in [6, 6.07) is 0. The van der Waals surface area contributed by atoms with Gasteiger partial charge in [0.15, 0.2) is 11.8 Å². The van der Waals surface area contributed by atoms with E-state index in [0.717, 1.165) is 19.3 Å². The molecule has 0 aromatic heterocycles. The van der Waals surface area contributed by atoms with Gasteiger partial charge in [0.05, 0.1) is 0 Å². The molecule has 0 saturated carbocycles. The molecule has 0 fully saturated rings. The Morgan fingerprint density at radius 3 is 1.83 bits per heavy atom. The van der Waals surface area contributed by atoms with Crippen molar-refractivity contribution in [1.82, 2.24) is 0 Å². The molecule has 5 heteroatoms. The third-order valence-electron chi connectivity index (χ3n) is 1.36. The highest BCUT2D eigenvalue weighted by molar-refractivity contribution is 7.60. The minimum atomic E-state index is -3.95. The molecule has 0 aromatic rings. The van der Waals surface area contributed by atoms with Crippen molar-refractivity contribution in [2.24, 2.45) is 0 Å². The maximum Gasteiger partial charge on any atom is 0.276 e. The quantitative estimate of drug-likeness (QED) is 0.499. The summed E-state index contributed by atoms with van der Waals surface area (Å²) in [6.45, 7) is 6.13. The average molecular weight is 196 g/mol. The minimum Gasteiger partial charge on any atom is -0.327 e. The molecular formula is C7H11F2O2P. The first-order valence-electron chi connectivity index (χ1n) is 3.21. The van der Waals surface area contributed by atoms with Gasteiger partial charge >= 0.3 is 0 Å². The number of halogens is 2. The lowest BCUT2D eigenvalue weighted by Gasteiger charge is -2.18. The smallest absolute Gasteiger partial charge is 0.276 e. The molecule has 0 N–H and O–H groups in total. The van der Waals surface area contributed by atoms with Crippen molar-refractivity contribution in [2.45, 2.75) is 11.8 Å². The third kappa shape index (κ3) is 2.02. The van der Waals surface area contributed by atoms with Gasteiger partial charge in [0.1, 0.15) is 0 Å². The summed E-state index contributed by atoms with van der Waals surface area (Å²) in [7, 11) is -2.96. The van der Waals surface area contributed by atoms with Gasteiger partial charge in [-0.15, -0.1) is 0 Å². The van der Waals surface area contributed by atoms with Gasteiger partial charge < -0.3 is 4.52 Å². The summed E-state index contributed by atoms with van der Waals surface area (Å²) in [6.07, 6.45) is 1.50. The zero-order valence-electron chi connectivity index (χ0n) is 6.74. The molecule has 0 aliphatic heterocycles. The fraction of sp³-hybridized carbons (Fsp3) is 0.429. The Hall–Kier alpha value is -0.470. The van der Waals surface area contributed by atoms with Crippen LogP contribution in [0.15, 0.2) is 25.3 Å². The summed E-state index contributed by atoms with van der Waals surface area (Å²) >= 11 is 0. The first-order chi connectivity index (χ1) is 5.52. The lowest BCUT2D eigenvalue weighted by atomic mass is 10.7. The van der Waals surface area contributed by atoms with Crippen LogP contribution in [0.25, 0.3) is 0 Å². The Morgan fingerprint density at radius 1 is 1.33 bits per heavy atom. The molecule has 0 bridgehead atoms. The van der Waals surface area contributed by atoms with Crippen molar-refractivity contribution in [1.29, 1.82) is 0 Å². The Bertz CT molecular complexity index is 199. The van der Waals surface area contributed by atoms with Crippen molar-refractivity contribution < 1.29 is 17.9 Å². The molecule has 2 atom stereocenters. The third-order valence-corrected chi connectivity index (χ3v) is 3.73. The lowest BCUT2D eigenvalue weighted by molar-refractivity contribution is 0.318. The molecule has 70 valence electrons. The van der Waals surface area contributed by atoms with Crippen LogP contribution in [-0.4, -0.2) is 18.9 Å². The van der Waals surface area contributed by atoms with E-state index in [9.17, 15) is 13.3 Å². The predicted molar refractivity (Wildman–Crippen MR) is 44.8 cm³/mol. The molecule has 0 heterocycles. The van der Waals surface area contributed by atoms with Crippen LogP contribution in [0.4, 0.5) is 8.78 Å². The van der Waals surface area contributed by atoms with Gasteiger partial charge in [-0.1, -0.05) is 13.2 Å². The zero-order valence-corrected chi connectivity index (χ0v) is 7.64. The molecule has 2 unspecified atom stereocenters. The van der Waals surface area contributed by atoms with Gasteiger partial charge in [0.25, 0.3) is 7.37 Å². The first-order valence-corrected chi connectivity index (χ1v) is 4.97. The minimum absolute atomic E-state index is 0.750. The molecule has 0 aromatic carbocycles. The summed E-state index contributed by atoms with van der Waals surface area (Å²) in [4.78, 5) is 0. The molecule has 0 saturated heterocycles. The van der Waals surface area contributed by atoms with Gasteiger partial charge in [-0.25, -0.2) is 8.78 Å². The van der Waals surface area contributed by atoms with E-state index in [1.54, 1.807) is 0 Å². The van der Waals surface area contributed by atoms with Crippen molar-refractivity contribution in [3.8, 4) is 0 Å². The van der Waals surface area contributed by atoms with Crippen molar-refractivity contribution in [3.63, 3.8) is 0 Å². The average Bonchev–Trinajstić information content (AvgIpc) is 2.13. The van der Waals surface area contributed by atoms with Gasteiger partial charge in [-0.05, 0) is 12.2 Å². The van der Waals surface area contributed by atoms with Crippen LogP contribution in [0, 0.1) is 0 Å². The number of rotatable bonds is 5. The second kappa shape index (κ2) is 4.53. The van der Waals surface area contributed by atoms with E-state index >= 15 is 0 Å². The largest absolute Gasteiger partial charge is 0.327 e. The Morgan fingerprint density at radius 2 is 1.67 bits per heavy atom. The highest BCUT2D eigenvalue weighted by Gasteiger charge is 2.39. The molecule has 0 aliphatic carbocycles. The number of alkyl halides is 2. The van der Waals surface area contributed by atoms with Crippen LogP contribution in [0.3, 0.4) is 0 Å². The number of hydrogen-bond acceptors (Lipinski definition) is 2. The van der Waals surface area contributed by atoms with Gasteiger partial charge in [0, 0.05) is 7.11 Å². The maximum atomic E-state index is 12.8. The van der Waals surface area contributed by atoms with E-state index in [0.29, 0.717) is 0 Å². The van der Waals surface area contributed by atoms with E-state index in [-0.39, 0.29) is 0 Å². The Labute approximate surface area is 70.4 Å². The molecule has 0 rings (SSSR count). The normalized spacial score (nSPS) is 20.6. The highest BCUT2D eigenvalue weighted by Crippen LogP contribution is 2.57.